The van der Waals surface area contributed by atoms with E-state index in [0.29, 0.717) is 30.7 Å². The van der Waals surface area contributed by atoms with Crippen LogP contribution in [-0.4, -0.2) is 96.6 Å². The van der Waals surface area contributed by atoms with Crippen LogP contribution in [0.5, 0.6) is 0 Å². The van der Waals surface area contributed by atoms with Gasteiger partial charge in [-0.15, -0.1) is 11.8 Å². The van der Waals surface area contributed by atoms with Crippen LogP contribution >= 0.6 is 23.3 Å². The standard InChI is InChI=1S/C25H26N8O9S2/c1-10-14(42-25(38)41-10)8-40-23(37)17-12(6-11-3-5-32(20(11)35)13-2-4-27-7-13)9-43-22-16(21(36)33(17)22)28-19(34)15(30-39)18-29-24(26)44-31-18/h6,13,16,22,27,39H,2-5,7-9H2,1H3,(H,28,34)(H2,26,29,31)/b11-6+,30-15-/t13-,16-,22-/m1/s1. The highest BCUT2D eigenvalue weighted by Crippen LogP contribution is 2.42. The van der Waals surface area contributed by atoms with Crippen molar-refractivity contribution >= 4 is 57.8 Å². The van der Waals surface area contributed by atoms with Crippen molar-refractivity contribution in [1.29, 1.82) is 0 Å². The Hall–Kier alpha value is -4.49. The molecule has 0 aromatic carbocycles. The van der Waals surface area contributed by atoms with Gasteiger partial charge in [0.15, 0.2) is 23.3 Å². The van der Waals surface area contributed by atoms with Crippen LogP contribution in [0.2, 0.25) is 0 Å². The van der Waals surface area contributed by atoms with Crippen LogP contribution in [0, 0.1) is 6.92 Å². The summed E-state index contributed by atoms with van der Waals surface area (Å²) in [5.74, 6) is -3.41. The van der Waals surface area contributed by atoms with Gasteiger partial charge in [0, 0.05) is 42.0 Å². The van der Waals surface area contributed by atoms with Crippen molar-refractivity contribution in [2.45, 2.75) is 43.8 Å². The normalized spacial score (nSPS) is 24.6. The van der Waals surface area contributed by atoms with Gasteiger partial charge < -0.3 is 40.0 Å². The van der Waals surface area contributed by atoms with Gasteiger partial charge in [-0.3, -0.25) is 19.3 Å². The molecule has 6 rings (SSSR count). The van der Waals surface area contributed by atoms with Gasteiger partial charge in [-0.1, -0.05) is 5.16 Å². The van der Waals surface area contributed by atoms with Crippen LogP contribution in [-0.2, 0) is 30.5 Å². The quantitative estimate of drug-likeness (QED) is 0.0677. The fourth-order valence-electron chi connectivity index (χ4n) is 5.41. The largest absolute Gasteiger partial charge is 0.519 e. The van der Waals surface area contributed by atoms with Gasteiger partial charge in [-0.2, -0.15) is 9.36 Å². The summed E-state index contributed by atoms with van der Waals surface area (Å²) in [6.07, 6.45) is 2.95. The van der Waals surface area contributed by atoms with E-state index in [4.69, 9.17) is 19.3 Å². The van der Waals surface area contributed by atoms with Gasteiger partial charge >= 0.3 is 11.8 Å². The third-order valence-electron chi connectivity index (χ3n) is 7.60. The lowest BCUT2D eigenvalue weighted by molar-refractivity contribution is -0.153. The molecular formula is C25H26N8O9S2. The number of fused-ring (bicyclic) bond motifs is 1. The van der Waals surface area contributed by atoms with Crippen molar-refractivity contribution in [2.75, 3.05) is 31.1 Å². The fourth-order valence-corrected chi connectivity index (χ4v) is 7.15. The Bertz CT molecular complexity index is 1690. The monoisotopic (exact) mass is 646 g/mol. The highest BCUT2D eigenvalue weighted by Gasteiger charge is 2.55. The molecule has 0 unspecified atom stereocenters. The molecule has 3 fully saturated rings. The molecule has 0 radical (unpaired) electrons. The molecule has 0 saturated carbocycles. The molecule has 44 heavy (non-hydrogen) atoms. The first-order valence-electron chi connectivity index (χ1n) is 13.4. The van der Waals surface area contributed by atoms with E-state index in [9.17, 15) is 29.2 Å². The maximum atomic E-state index is 13.5. The number of nitrogen functional groups attached to an aromatic ring is 1. The van der Waals surface area contributed by atoms with E-state index >= 15 is 0 Å². The third-order valence-corrected chi connectivity index (χ3v) is 9.44. The Kier molecular flexibility index (Phi) is 7.99. The predicted molar refractivity (Wildman–Crippen MR) is 152 cm³/mol. The molecule has 0 spiro atoms. The highest BCUT2D eigenvalue weighted by molar-refractivity contribution is 8.00. The predicted octanol–water partition coefficient (Wildman–Crippen LogP) is -0.929. The number of carbonyl (C=O) groups is 4. The lowest BCUT2D eigenvalue weighted by Crippen LogP contribution is -2.71. The number of hydrogen-bond acceptors (Lipinski definition) is 16. The number of ether oxygens (including phenoxy) is 1. The summed E-state index contributed by atoms with van der Waals surface area (Å²) in [6, 6.07) is -1.00. The second kappa shape index (κ2) is 11.9. The molecule has 3 saturated heterocycles. The Morgan fingerprint density at radius 3 is 2.80 bits per heavy atom. The first-order valence-corrected chi connectivity index (χ1v) is 15.3. The molecule has 3 amide bonds. The van der Waals surface area contributed by atoms with Crippen LogP contribution in [0.25, 0.3) is 0 Å². The number of aryl methyl sites for hydroxylation is 1. The molecule has 6 heterocycles. The Morgan fingerprint density at radius 2 is 2.14 bits per heavy atom. The van der Waals surface area contributed by atoms with Gasteiger partial charge in [-0.05, 0) is 38.0 Å². The number of thioether (sulfide) groups is 1. The summed E-state index contributed by atoms with van der Waals surface area (Å²) < 4.78 is 19.0. The summed E-state index contributed by atoms with van der Waals surface area (Å²) in [6.45, 7) is 3.12. The number of nitrogens with one attached hydrogen (secondary N) is 2. The number of rotatable bonds is 8. The number of β-lactam (4-membered cyclic amide) rings is 1. The van der Waals surface area contributed by atoms with Gasteiger partial charge in [0.25, 0.3) is 11.8 Å². The second-order valence-electron chi connectivity index (χ2n) is 10.2. The fraction of sp³-hybridized carbons (Fsp3) is 0.440. The van der Waals surface area contributed by atoms with E-state index in [1.54, 1.807) is 6.08 Å². The molecule has 0 aliphatic carbocycles. The SMILES string of the molecule is Cc1oc(=O)oc1COC(=O)C1=C(/C=C2\CCN([C@@H]3CCNC3)C2=O)CS[C@@H]2[C@H](NC(=O)/C(=N\O)c3nsc(N)n3)C(=O)N12. The molecular weight excluding hydrogens is 620 g/mol. The highest BCUT2D eigenvalue weighted by atomic mass is 32.2. The summed E-state index contributed by atoms with van der Waals surface area (Å²) >= 11 is 2.06. The Morgan fingerprint density at radius 1 is 1.32 bits per heavy atom. The zero-order valence-electron chi connectivity index (χ0n) is 23.1. The number of likely N-dealkylation sites (tertiary alicyclic amines) is 1. The number of nitrogens with two attached hydrogens (primary N) is 1. The number of nitrogens with zero attached hydrogens (tertiary/aromatic N) is 5. The molecule has 232 valence electrons. The molecule has 4 aliphatic heterocycles. The van der Waals surface area contributed by atoms with Crippen LogP contribution in [0.3, 0.4) is 0 Å². The zero-order valence-corrected chi connectivity index (χ0v) is 24.7. The van der Waals surface area contributed by atoms with E-state index in [2.05, 4.69) is 25.1 Å². The second-order valence-corrected chi connectivity index (χ2v) is 12.1. The smallest absolute Gasteiger partial charge is 0.453 e. The Labute approximate surface area is 256 Å². The number of amides is 3. The molecule has 0 bridgehead atoms. The number of oxime groups is 1. The summed E-state index contributed by atoms with van der Waals surface area (Å²) in [5.41, 5.74) is 5.83. The summed E-state index contributed by atoms with van der Waals surface area (Å²) in [4.78, 5) is 71.3. The van der Waals surface area contributed by atoms with Gasteiger partial charge in [0.1, 0.15) is 17.1 Å². The van der Waals surface area contributed by atoms with Gasteiger partial charge in [-0.25, -0.2) is 9.59 Å². The molecule has 4 aliphatic rings. The van der Waals surface area contributed by atoms with E-state index in [-0.39, 0.29) is 45.9 Å². The minimum absolute atomic E-state index is 0.00422. The van der Waals surface area contributed by atoms with Crippen molar-refractivity contribution in [2.24, 2.45) is 5.16 Å². The maximum absolute atomic E-state index is 13.5. The minimum atomic E-state index is -1.09. The summed E-state index contributed by atoms with van der Waals surface area (Å²) in [7, 11) is 0. The molecule has 17 nitrogen and oxygen atoms in total. The number of anilines is 1. The van der Waals surface area contributed by atoms with E-state index < -0.39 is 47.3 Å². The minimum Gasteiger partial charge on any atom is -0.453 e. The molecule has 19 heteroatoms. The molecule has 3 atom stereocenters. The van der Waals surface area contributed by atoms with Crippen molar-refractivity contribution in [1.82, 2.24) is 29.8 Å². The van der Waals surface area contributed by atoms with E-state index in [1.807, 2.05) is 4.90 Å². The van der Waals surface area contributed by atoms with Crippen molar-refractivity contribution in [3.8, 4) is 0 Å². The average molecular weight is 647 g/mol. The van der Waals surface area contributed by atoms with Crippen molar-refractivity contribution < 1.29 is 38.0 Å². The number of esters is 1. The lowest BCUT2D eigenvalue weighted by atomic mass is 10.0. The first kappa shape index (κ1) is 29.6. The molecule has 2 aromatic heterocycles. The molecule has 5 N–H and O–H groups in total. The third kappa shape index (κ3) is 5.37. The van der Waals surface area contributed by atoms with Crippen LogP contribution in [0.15, 0.2) is 41.7 Å². The van der Waals surface area contributed by atoms with E-state index in [1.165, 1.54) is 23.6 Å². The number of hydrogen-bond donors (Lipinski definition) is 4. The zero-order chi connectivity index (χ0) is 31.1. The van der Waals surface area contributed by atoms with Crippen molar-refractivity contribution in [3.05, 3.63) is 50.9 Å². The summed E-state index contributed by atoms with van der Waals surface area (Å²) in [5, 5.41) is 17.4. The first-order chi connectivity index (χ1) is 21.2. The lowest BCUT2D eigenvalue weighted by Gasteiger charge is -2.49. The van der Waals surface area contributed by atoms with Crippen molar-refractivity contribution in [3.63, 3.8) is 0 Å². The van der Waals surface area contributed by atoms with Crippen LogP contribution in [0.1, 0.15) is 30.2 Å². The number of carbonyl (C=O) groups excluding carboxylic acids is 4. The topological polar surface area (TPSA) is 236 Å². The van der Waals surface area contributed by atoms with Crippen LogP contribution < -0.4 is 22.2 Å². The van der Waals surface area contributed by atoms with Gasteiger partial charge in [0.05, 0.1) is 0 Å². The average Bonchev–Trinajstić information content (AvgIpc) is 3.80. The maximum Gasteiger partial charge on any atom is 0.519 e. The van der Waals surface area contributed by atoms with Crippen LogP contribution in [0.4, 0.5) is 5.13 Å². The van der Waals surface area contributed by atoms with Gasteiger partial charge in [0.2, 0.25) is 17.4 Å². The van der Waals surface area contributed by atoms with E-state index in [0.717, 1.165) is 24.5 Å². The Balaban J connectivity index is 1.25. The molecule has 2 aromatic rings. The number of allylic oxidation sites excluding steroid dienone is 1. The number of aromatic nitrogens is 2.